The summed E-state index contributed by atoms with van der Waals surface area (Å²) in [5.41, 5.74) is 0.755. The van der Waals surface area contributed by atoms with E-state index in [9.17, 15) is 9.50 Å². The van der Waals surface area contributed by atoms with E-state index in [1.54, 1.807) is 0 Å². The standard InChI is InChI=1S/C15H18FN5O2S/c16-10-1-2-12-11(9-10)13(14(22)18-12)19-20-15(24)17-3-4-21-5-7-23-8-6-21/h1-2,9,18,22H,3-8H2,(H,17,24)/p+1. The number of aromatic hydroxyl groups is 1. The second-order valence-corrected chi connectivity index (χ2v) is 5.94. The summed E-state index contributed by atoms with van der Waals surface area (Å²) in [6.45, 7) is 5.16. The van der Waals surface area contributed by atoms with Crippen molar-refractivity contribution in [3.63, 3.8) is 0 Å². The molecule has 0 bridgehead atoms. The number of hydrogen-bond donors (Lipinski definition) is 4. The highest BCUT2D eigenvalue weighted by Crippen LogP contribution is 2.35. The van der Waals surface area contributed by atoms with Crippen LogP contribution in [0.2, 0.25) is 0 Å². The highest BCUT2D eigenvalue weighted by molar-refractivity contribution is 7.80. The van der Waals surface area contributed by atoms with Crippen molar-refractivity contribution in [1.29, 1.82) is 0 Å². The molecule has 2 heterocycles. The number of thiocarbonyl (C=S) groups is 1. The van der Waals surface area contributed by atoms with Crippen LogP contribution in [0.3, 0.4) is 0 Å². The van der Waals surface area contributed by atoms with Crippen LogP contribution in [0.25, 0.3) is 10.9 Å². The summed E-state index contributed by atoms with van der Waals surface area (Å²) in [5, 5.41) is 21.4. The van der Waals surface area contributed by atoms with E-state index in [1.807, 2.05) is 0 Å². The summed E-state index contributed by atoms with van der Waals surface area (Å²) in [5.74, 6) is -0.577. The van der Waals surface area contributed by atoms with Gasteiger partial charge in [-0.25, -0.2) is 4.39 Å². The number of morpholine rings is 1. The van der Waals surface area contributed by atoms with E-state index < -0.39 is 5.82 Å². The third-order valence-electron chi connectivity index (χ3n) is 3.91. The largest absolute Gasteiger partial charge is 0.493 e. The Hall–Kier alpha value is -2.10. The molecule has 0 spiro atoms. The van der Waals surface area contributed by atoms with E-state index in [-0.39, 0.29) is 16.7 Å². The monoisotopic (exact) mass is 352 g/mol. The fourth-order valence-electron chi connectivity index (χ4n) is 2.62. The van der Waals surface area contributed by atoms with Gasteiger partial charge in [0.1, 0.15) is 18.9 Å². The molecule has 9 heteroatoms. The van der Waals surface area contributed by atoms with Crippen LogP contribution in [0.15, 0.2) is 28.4 Å². The number of rotatable bonds is 4. The van der Waals surface area contributed by atoms with Crippen molar-refractivity contribution in [2.45, 2.75) is 0 Å². The lowest BCUT2D eigenvalue weighted by atomic mass is 10.2. The molecule has 0 saturated carbocycles. The number of azo groups is 1. The molecule has 1 aliphatic heterocycles. The van der Waals surface area contributed by atoms with Gasteiger partial charge in [0, 0.05) is 5.39 Å². The fraction of sp³-hybridized carbons (Fsp3) is 0.400. The van der Waals surface area contributed by atoms with Gasteiger partial charge >= 0.3 is 0 Å². The number of nitrogens with zero attached hydrogens (tertiary/aromatic N) is 2. The van der Waals surface area contributed by atoms with Crippen molar-refractivity contribution in [2.24, 2.45) is 10.2 Å². The smallest absolute Gasteiger partial charge is 0.218 e. The molecule has 0 amide bonds. The van der Waals surface area contributed by atoms with Crippen LogP contribution in [0, 0.1) is 5.82 Å². The molecule has 0 atom stereocenters. The van der Waals surface area contributed by atoms with Gasteiger partial charge in [0.2, 0.25) is 11.0 Å². The Kier molecular flexibility index (Phi) is 5.34. The zero-order valence-corrected chi connectivity index (χ0v) is 13.8. The SMILES string of the molecule is Oc1[nH]c2ccc(F)cc2c1N=NC(=S)NCC[NH+]1CCOCC1. The number of aromatic amines is 1. The van der Waals surface area contributed by atoms with Gasteiger partial charge in [-0.15, -0.1) is 10.2 Å². The molecule has 7 nitrogen and oxygen atoms in total. The Morgan fingerprint density at radius 1 is 1.42 bits per heavy atom. The van der Waals surface area contributed by atoms with Crippen molar-refractivity contribution in [3.05, 3.63) is 24.0 Å². The molecule has 0 aliphatic carbocycles. The second kappa shape index (κ2) is 7.65. The van der Waals surface area contributed by atoms with Gasteiger partial charge in [0.25, 0.3) is 0 Å². The van der Waals surface area contributed by atoms with E-state index in [1.165, 1.54) is 23.1 Å². The summed E-state index contributed by atoms with van der Waals surface area (Å²) in [4.78, 5) is 4.18. The number of fused-ring (bicyclic) bond motifs is 1. The average molecular weight is 352 g/mol. The van der Waals surface area contributed by atoms with Crippen LogP contribution < -0.4 is 10.2 Å². The number of quaternary nitrogens is 1. The van der Waals surface area contributed by atoms with Crippen molar-refractivity contribution >= 4 is 33.9 Å². The molecule has 2 aromatic rings. The Morgan fingerprint density at radius 3 is 3.00 bits per heavy atom. The van der Waals surface area contributed by atoms with Gasteiger partial charge in [0.15, 0.2) is 5.69 Å². The normalized spacial score (nSPS) is 16.0. The first-order valence-electron chi connectivity index (χ1n) is 7.74. The van der Waals surface area contributed by atoms with Crippen molar-refractivity contribution in [3.8, 4) is 5.88 Å². The molecule has 24 heavy (non-hydrogen) atoms. The molecular formula is C15H19FN5O2S+. The number of benzene rings is 1. The van der Waals surface area contributed by atoms with Crippen LogP contribution in [0.4, 0.5) is 10.1 Å². The maximum atomic E-state index is 13.4. The summed E-state index contributed by atoms with van der Waals surface area (Å²) >= 11 is 5.11. The first-order chi connectivity index (χ1) is 11.6. The fourth-order valence-corrected chi connectivity index (χ4v) is 2.77. The lowest BCUT2D eigenvalue weighted by Crippen LogP contribution is -3.14. The van der Waals surface area contributed by atoms with E-state index in [4.69, 9.17) is 17.0 Å². The van der Waals surface area contributed by atoms with E-state index >= 15 is 0 Å². The molecule has 1 saturated heterocycles. The summed E-state index contributed by atoms with van der Waals surface area (Å²) < 4.78 is 18.7. The number of H-pyrrole nitrogens is 1. The topological polar surface area (TPSA) is 86.4 Å². The van der Waals surface area contributed by atoms with Gasteiger partial charge < -0.3 is 25.0 Å². The van der Waals surface area contributed by atoms with E-state index in [0.717, 1.165) is 32.8 Å². The molecule has 1 aliphatic rings. The maximum Gasteiger partial charge on any atom is 0.218 e. The summed E-state index contributed by atoms with van der Waals surface area (Å²) in [6.07, 6.45) is 0. The number of nitrogens with one attached hydrogen (secondary N) is 3. The minimum Gasteiger partial charge on any atom is -0.493 e. The van der Waals surface area contributed by atoms with Crippen LogP contribution in [0.1, 0.15) is 0 Å². The molecule has 1 aromatic heterocycles. The minimum absolute atomic E-state index is 0.167. The maximum absolute atomic E-state index is 13.4. The van der Waals surface area contributed by atoms with Crippen LogP contribution in [-0.4, -0.2) is 54.6 Å². The van der Waals surface area contributed by atoms with Crippen molar-refractivity contribution in [1.82, 2.24) is 10.3 Å². The highest BCUT2D eigenvalue weighted by Gasteiger charge is 2.13. The number of hydrogen-bond acceptors (Lipinski definition) is 4. The van der Waals surface area contributed by atoms with Crippen LogP contribution in [-0.2, 0) is 4.74 Å². The van der Waals surface area contributed by atoms with E-state index in [0.29, 0.717) is 17.4 Å². The van der Waals surface area contributed by atoms with Gasteiger partial charge in [0.05, 0.1) is 31.8 Å². The zero-order valence-electron chi connectivity index (χ0n) is 13.0. The van der Waals surface area contributed by atoms with Gasteiger partial charge in [-0.3, -0.25) is 0 Å². The first kappa shape index (κ1) is 16.7. The third kappa shape index (κ3) is 4.05. The average Bonchev–Trinajstić information content (AvgIpc) is 2.88. The van der Waals surface area contributed by atoms with Gasteiger partial charge in [-0.1, -0.05) is 0 Å². The molecule has 3 rings (SSSR count). The van der Waals surface area contributed by atoms with Crippen molar-refractivity contribution in [2.75, 3.05) is 39.4 Å². The Bertz CT molecular complexity index is 758. The minimum atomic E-state index is -0.410. The lowest BCUT2D eigenvalue weighted by Gasteiger charge is -2.23. The number of ether oxygens (including phenoxy) is 1. The predicted molar refractivity (Wildman–Crippen MR) is 91.4 cm³/mol. The number of aromatic nitrogens is 1. The molecule has 4 N–H and O–H groups in total. The molecule has 0 radical (unpaired) electrons. The molecule has 0 unspecified atom stereocenters. The van der Waals surface area contributed by atoms with E-state index in [2.05, 4.69) is 20.5 Å². The Labute approximate surface area is 143 Å². The molecule has 1 fully saturated rings. The van der Waals surface area contributed by atoms with Gasteiger partial charge in [-0.2, -0.15) is 0 Å². The highest BCUT2D eigenvalue weighted by atomic mass is 32.1. The molecule has 128 valence electrons. The third-order valence-corrected chi connectivity index (χ3v) is 4.14. The second-order valence-electron chi connectivity index (χ2n) is 5.56. The quantitative estimate of drug-likeness (QED) is 0.486. The van der Waals surface area contributed by atoms with Crippen molar-refractivity contribution < 1.29 is 19.1 Å². The molecular weight excluding hydrogens is 333 g/mol. The molecule has 1 aromatic carbocycles. The Balaban J connectivity index is 1.58. The van der Waals surface area contributed by atoms with Gasteiger partial charge in [-0.05, 0) is 30.4 Å². The Morgan fingerprint density at radius 2 is 2.21 bits per heavy atom. The summed E-state index contributed by atoms with van der Waals surface area (Å²) in [6, 6.07) is 4.13. The predicted octanol–water partition coefficient (Wildman–Crippen LogP) is 0.886. The first-order valence-corrected chi connectivity index (χ1v) is 8.15. The summed E-state index contributed by atoms with van der Waals surface area (Å²) in [7, 11) is 0. The number of halogens is 1. The van der Waals surface area contributed by atoms with Crippen LogP contribution in [0.5, 0.6) is 5.88 Å². The zero-order chi connectivity index (χ0) is 16.9. The van der Waals surface area contributed by atoms with Crippen LogP contribution >= 0.6 is 12.2 Å². The lowest BCUT2D eigenvalue weighted by molar-refractivity contribution is -0.906.